The lowest BCUT2D eigenvalue weighted by atomic mass is 9.97. The third-order valence-corrected chi connectivity index (χ3v) is 4.91. The zero-order valence-corrected chi connectivity index (χ0v) is 17.4. The molecule has 5 N–H and O–H groups in total. The Hall–Kier alpha value is -3.16. The molecular weight excluding hydrogens is 384 g/mol. The van der Waals surface area contributed by atoms with Crippen LogP contribution in [-0.4, -0.2) is 42.3 Å². The van der Waals surface area contributed by atoms with Crippen molar-refractivity contribution in [3.63, 3.8) is 0 Å². The van der Waals surface area contributed by atoms with E-state index in [4.69, 9.17) is 5.73 Å². The molecule has 4 amide bonds. The molecule has 1 fully saturated rings. The Morgan fingerprint density at radius 3 is 2.43 bits per heavy atom. The third-order valence-electron chi connectivity index (χ3n) is 4.91. The second-order valence-corrected chi connectivity index (χ2v) is 7.91. The minimum Gasteiger partial charge on any atom is -0.368 e. The highest BCUT2D eigenvalue weighted by atomic mass is 16.2. The van der Waals surface area contributed by atoms with E-state index in [-0.39, 0.29) is 24.2 Å². The summed E-state index contributed by atoms with van der Waals surface area (Å²) in [5.41, 5.74) is 6.30. The summed E-state index contributed by atoms with van der Waals surface area (Å²) in [5.74, 6) is -1.99. The Bertz CT molecular complexity index is 792. The fraction of sp³-hybridized carbons (Fsp3) is 0.455. The summed E-state index contributed by atoms with van der Waals surface area (Å²) in [7, 11) is 0. The second kappa shape index (κ2) is 11.1. The lowest BCUT2D eigenvalue weighted by Gasteiger charge is -2.23. The van der Waals surface area contributed by atoms with Crippen LogP contribution in [0.2, 0.25) is 0 Å². The summed E-state index contributed by atoms with van der Waals surface area (Å²) < 4.78 is 0. The molecule has 0 spiro atoms. The SMILES string of the molecule is CC(C)CC(NC(=O)/C=C/c1ccccc1)C(=O)N[C@@H](C[C@@H]1CCNC1=O)C(N)=O. The molecule has 0 aromatic heterocycles. The zero-order valence-electron chi connectivity index (χ0n) is 17.4. The van der Waals surface area contributed by atoms with Crippen LogP contribution in [0.1, 0.15) is 38.7 Å². The molecule has 3 atom stereocenters. The molecule has 1 aromatic carbocycles. The smallest absolute Gasteiger partial charge is 0.244 e. The molecule has 162 valence electrons. The van der Waals surface area contributed by atoms with Crippen molar-refractivity contribution in [2.75, 3.05) is 6.54 Å². The van der Waals surface area contributed by atoms with E-state index in [2.05, 4.69) is 16.0 Å². The maximum absolute atomic E-state index is 12.8. The summed E-state index contributed by atoms with van der Waals surface area (Å²) in [5, 5.41) is 8.01. The van der Waals surface area contributed by atoms with Gasteiger partial charge in [-0.05, 0) is 36.8 Å². The molecule has 1 unspecified atom stereocenters. The number of carbonyl (C=O) groups excluding carboxylic acids is 4. The van der Waals surface area contributed by atoms with Crippen molar-refractivity contribution in [3.8, 4) is 0 Å². The van der Waals surface area contributed by atoms with Crippen molar-refractivity contribution in [1.82, 2.24) is 16.0 Å². The van der Waals surface area contributed by atoms with Crippen LogP contribution in [0.15, 0.2) is 36.4 Å². The largest absolute Gasteiger partial charge is 0.368 e. The second-order valence-electron chi connectivity index (χ2n) is 7.91. The van der Waals surface area contributed by atoms with Crippen molar-refractivity contribution in [1.29, 1.82) is 0 Å². The molecule has 8 heteroatoms. The van der Waals surface area contributed by atoms with Gasteiger partial charge in [-0.25, -0.2) is 0 Å². The molecule has 30 heavy (non-hydrogen) atoms. The number of nitrogens with two attached hydrogens (primary N) is 1. The molecule has 0 bridgehead atoms. The van der Waals surface area contributed by atoms with Crippen molar-refractivity contribution in [3.05, 3.63) is 42.0 Å². The van der Waals surface area contributed by atoms with Gasteiger partial charge in [0.2, 0.25) is 23.6 Å². The minimum atomic E-state index is -0.974. The summed E-state index contributed by atoms with van der Waals surface area (Å²) in [6, 6.07) is 7.53. The van der Waals surface area contributed by atoms with Gasteiger partial charge in [-0.15, -0.1) is 0 Å². The molecular formula is C22H30N4O4. The maximum Gasteiger partial charge on any atom is 0.244 e. The molecule has 2 rings (SSSR count). The fourth-order valence-corrected chi connectivity index (χ4v) is 3.33. The quantitative estimate of drug-likeness (QED) is 0.420. The van der Waals surface area contributed by atoms with Crippen molar-refractivity contribution in [2.45, 2.75) is 45.2 Å². The van der Waals surface area contributed by atoms with E-state index >= 15 is 0 Å². The summed E-state index contributed by atoms with van der Waals surface area (Å²) in [6.07, 6.45) is 4.15. The van der Waals surface area contributed by atoms with Gasteiger partial charge in [0, 0.05) is 18.5 Å². The number of hydrogen-bond acceptors (Lipinski definition) is 4. The van der Waals surface area contributed by atoms with Gasteiger partial charge in [-0.1, -0.05) is 44.2 Å². The van der Waals surface area contributed by atoms with Crippen molar-refractivity contribution in [2.24, 2.45) is 17.6 Å². The van der Waals surface area contributed by atoms with E-state index in [1.807, 2.05) is 44.2 Å². The highest BCUT2D eigenvalue weighted by Gasteiger charge is 2.32. The van der Waals surface area contributed by atoms with Crippen LogP contribution in [-0.2, 0) is 19.2 Å². The van der Waals surface area contributed by atoms with Crippen LogP contribution >= 0.6 is 0 Å². The van der Waals surface area contributed by atoms with E-state index in [1.165, 1.54) is 6.08 Å². The highest BCUT2D eigenvalue weighted by Crippen LogP contribution is 2.16. The number of rotatable bonds is 10. The fourth-order valence-electron chi connectivity index (χ4n) is 3.33. The molecule has 1 aliphatic rings. The van der Waals surface area contributed by atoms with Gasteiger partial charge in [-0.2, -0.15) is 0 Å². The summed E-state index contributed by atoms with van der Waals surface area (Å²) >= 11 is 0. The van der Waals surface area contributed by atoms with Crippen LogP contribution in [0, 0.1) is 11.8 Å². The number of nitrogens with one attached hydrogen (secondary N) is 3. The molecule has 1 aliphatic heterocycles. The van der Waals surface area contributed by atoms with Crippen LogP contribution in [0.4, 0.5) is 0 Å². The topological polar surface area (TPSA) is 130 Å². The molecule has 0 radical (unpaired) electrons. The lowest BCUT2D eigenvalue weighted by Crippen LogP contribution is -2.53. The Kier molecular flexibility index (Phi) is 8.58. The number of amides is 4. The third kappa shape index (κ3) is 7.35. The number of primary amides is 1. The average Bonchev–Trinajstić information content (AvgIpc) is 3.10. The lowest BCUT2D eigenvalue weighted by molar-refractivity contribution is -0.131. The van der Waals surface area contributed by atoms with Crippen LogP contribution in [0.3, 0.4) is 0 Å². The van der Waals surface area contributed by atoms with Crippen LogP contribution in [0.25, 0.3) is 6.08 Å². The maximum atomic E-state index is 12.8. The molecule has 8 nitrogen and oxygen atoms in total. The first kappa shape index (κ1) is 23.1. The zero-order chi connectivity index (χ0) is 22.1. The first-order valence-electron chi connectivity index (χ1n) is 10.2. The number of benzene rings is 1. The Labute approximate surface area is 176 Å². The van der Waals surface area contributed by atoms with E-state index in [0.29, 0.717) is 19.4 Å². The number of carbonyl (C=O) groups is 4. The van der Waals surface area contributed by atoms with Gasteiger partial charge >= 0.3 is 0 Å². The van der Waals surface area contributed by atoms with Crippen molar-refractivity contribution < 1.29 is 19.2 Å². The van der Waals surface area contributed by atoms with E-state index < -0.39 is 29.8 Å². The predicted molar refractivity (Wildman–Crippen MR) is 114 cm³/mol. The van der Waals surface area contributed by atoms with E-state index in [1.54, 1.807) is 6.08 Å². The summed E-state index contributed by atoms with van der Waals surface area (Å²) in [6.45, 7) is 4.41. The molecule has 1 saturated heterocycles. The molecule has 0 aliphatic carbocycles. The first-order chi connectivity index (χ1) is 14.3. The number of hydrogen-bond donors (Lipinski definition) is 4. The van der Waals surface area contributed by atoms with Crippen LogP contribution in [0.5, 0.6) is 0 Å². The Morgan fingerprint density at radius 1 is 1.17 bits per heavy atom. The highest BCUT2D eigenvalue weighted by molar-refractivity contribution is 5.96. The van der Waals surface area contributed by atoms with Crippen LogP contribution < -0.4 is 21.7 Å². The minimum absolute atomic E-state index is 0.131. The van der Waals surface area contributed by atoms with Gasteiger partial charge in [0.15, 0.2) is 0 Å². The van der Waals surface area contributed by atoms with Crippen molar-refractivity contribution >= 4 is 29.7 Å². The molecule has 0 saturated carbocycles. The van der Waals surface area contributed by atoms with Gasteiger partial charge in [0.25, 0.3) is 0 Å². The van der Waals surface area contributed by atoms with Gasteiger partial charge in [0.1, 0.15) is 12.1 Å². The average molecular weight is 415 g/mol. The van der Waals surface area contributed by atoms with Gasteiger partial charge < -0.3 is 21.7 Å². The normalized spacial score (nSPS) is 18.1. The summed E-state index contributed by atoms with van der Waals surface area (Å²) in [4.78, 5) is 48.8. The van der Waals surface area contributed by atoms with E-state index in [0.717, 1.165) is 5.56 Å². The first-order valence-corrected chi connectivity index (χ1v) is 10.2. The molecule has 1 aromatic rings. The Morgan fingerprint density at radius 2 is 1.87 bits per heavy atom. The predicted octanol–water partition coefficient (Wildman–Crippen LogP) is 0.727. The Balaban J connectivity index is 2.01. The monoisotopic (exact) mass is 414 g/mol. The van der Waals surface area contributed by atoms with Gasteiger partial charge in [0.05, 0.1) is 0 Å². The standard InChI is InChI=1S/C22H30N4O4/c1-14(2)12-18(25-19(27)9-8-15-6-4-3-5-7-15)22(30)26-17(20(23)28)13-16-10-11-24-21(16)29/h3-9,14,16-18H,10-13H2,1-2H3,(H2,23,28)(H,24,29)(H,25,27)(H,26,30)/b9-8+/t16-,17-,18?/m0/s1. The molecule has 1 heterocycles. The van der Waals surface area contributed by atoms with Gasteiger partial charge in [-0.3, -0.25) is 19.2 Å². The van der Waals surface area contributed by atoms with E-state index in [9.17, 15) is 19.2 Å².